The number of nitrogens with zero attached hydrogens (tertiary/aromatic N) is 2. The fourth-order valence-corrected chi connectivity index (χ4v) is 2.68. The van der Waals surface area contributed by atoms with Crippen LogP contribution in [0.15, 0.2) is 18.3 Å². The van der Waals surface area contributed by atoms with Crippen LogP contribution in [-0.2, 0) is 17.8 Å². The summed E-state index contributed by atoms with van der Waals surface area (Å²) in [5.74, 6) is 0.498. The fraction of sp³-hybridized carbons (Fsp3) is 0.538. The summed E-state index contributed by atoms with van der Waals surface area (Å²) in [6, 6.07) is 4.03. The highest BCUT2D eigenvalue weighted by Crippen LogP contribution is 2.20. The number of fused-ring (bicyclic) bond motifs is 1. The van der Waals surface area contributed by atoms with Crippen LogP contribution in [-0.4, -0.2) is 35.4 Å². The van der Waals surface area contributed by atoms with E-state index in [2.05, 4.69) is 16.4 Å². The summed E-state index contributed by atoms with van der Waals surface area (Å²) in [5, 5.41) is 3.25. The standard InChI is InChI=1S/C13H17N3O/c17-13(10-3-6-14-8-10)16-7-4-12-11(9-16)2-1-5-15-12/h1-2,5,10,14H,3-4,6-9H2. The molecule has 0 radical (unpaired) electrons. The molecule has 0 saturated carbocycles. The highest BCUT2D eigenvalue weighted by Gasteiger charge is 2.29. The molecule has 4 heteroatoms. The Hall–Kier alpha value is -1.42. The maximum atomic E-state index is 12.3. The highest BCUT2D eigenvalue weighted by molar-refractivity contribution is 5.79. The molecule has 1 aromatic rings. The van der Waals surface area contributed by atoms with E-state index in [1.165, 1.54) is 5.56 Å². The van der Waals surface area contributed by atoms with Crippen molar-refractivity contribution in [2.75, 3.05) is 19.6 Å². The summed E-state index contributed by atoms with van der Waals surface area (Å²) < 4.78 is 0. The van der Waals surface area contributed by atoms with Crippen molar-refractivity contribution in [2.45, 2.75) is 19.4 Å². The number of hydrogen-bond acceptors (Lipinski definition) is 3. The molecule has 4 nitrogen and oxygen atoms in total. The Morgan fingerprint density at radius 3 is 3.29 bits per heavy atom. The average molecular weight is 231 g/mol. The van der Waals surface area contributed by atoms with Crippen LogP contribution < -0.4 is 5.32 Å². The van der Waals surface area contributed by atoms with Gasteiger partial charge in [0.1, 0.15) is 0 Å². The SMILES string of the molecule is O=C(C1CCNC1)N1CCc2ncccc2C1. The zero-order valence-corrected chi connectivity index (χ0v) is 9.85. The summed E-state index contributed by atoms with van der Waals surface area (Å²) in [6.45, 7) is 3.37. The third-order valence-corrected chi connectivity index (χ3v) is 3.69. The Balaban J connectivity index is 1.73. The Morgan fingerprint density at radius 1 is 1.53 bits per heavy atom. The molecule has 3 heterocycles. The molecule has 1 amide bonds. The van der Waals surface area contributed by atoms with Gasteiger partial charge in [0.15, 0.2) is 0 Å². The maximum absolute atomic E-state index is 12.3. The predicted octanol–water partition coefficient (Wildman–Crippen LogP) is 0.576. The second kappa shape index (κ2) is 4.45. The van der Waals surface area contributed by atoms with Crippen LogP contribution in [0, 0.1) is 5.92 Å². The molecule has 0 aliphatic carbocycles. The van der Waals surface area contributed by atoms with Gasteiger partial charge in [0, 0.05) is 37.9 Å². The summed E-state index contributed by atoms with van der Waals surface area (Å²) in [5.41, 5.74) is 2.36. The molecule has 90 valence electrons. The first-order chi connectivity index (χ1) is 8.34. The molecule has 0 spiro atoms. The lowest BCUT2D eigenvalue weighted by Crippen LogP contribution is -2.40. The summed E-state index contributed by atoms with van der Waals surface area (Å²) >= 11 is 0. The number of amides is 1. The second-order valence-corrected chi connectivity index (χ2v) is 4.81. The Kier molecular flexibility index (Phi) is 2.81. The first kappa shape index (κ1) is 10.7. The molecule has 17 heavy (non-hydrogen) atoms. The number of rotatable bonds is 1. The van der Waals surface area contributed by atoms with E-state index in [1.54, 1.807) is 0 Å². The summed E-state index contributed by atoms with van der Waals surface area (Å²) in [4.78, 5) is 18.6. The third kappa shape index (κ3) is 2.05. The first-order valence-electron chi connectivity index (χ1n) is 6.27. The van der Waals surface area contributed by atoms with E-state index < -0.39 is 0 Å². The highest BCUT2D eigenvalue weighted by atomic mass is 16.2. The molecular weight excluding hydrogens is 214 g/mol. The molecular formula is C13H17N3O. The molecule has 3 rings (SSSR count). The van der Waals surface area contributed by atoms with E-state index in [4.69, 9.17) is 0 Å². The van der Waals surface area contributed by atoms with Crippen LogP contribution in [0.1, 0.15) is 17.7 Å². The number of aromatic nitrogens is 1. The van der Waals surface area contributed by atoms with E-state index in [0.29, 0.717) is 5.91 Å². The third-order valence-electron chi connectivity index (χ3n) is 3.69. The normalized spacial score (nSPS) is 23.5. The quantitative estimate of drug-likeness (QED) is 0.769. The Labute approximate surface area is 101 Å². The van der Waals surface area contributed by atoms with Gasteiger partial charge in [-0.05, 0) is 24.6 Å². The first-order valence-corrected chi connectivity index (χ1v) is 6.27. The van der Waals surface area contributed by atoms with Gasteiger partial charge in [-0.1, -0.05) is 6.07 Å². The minimum atomic E-state index is 0.188. The zero-order chi connectivity index (χ0) is 11.7. The summed E-state index contributed by atoms with van der Waals surface area (Å²) in [6.07, 6.45) is 3.70. The van der Waals surface area contributed by atoms with Gasteiger partial charge in [-0.3, -0.25) is 9.78 Å². The molecule has 2 aliphatic rings. The van der Waals surface area contributed by atoms with Gasteiger partial charge < -0.3 is 10.2 Å². The fourth-order valence-electron chi connectivity index (χ4n) is 2.68. The van der Waals surface area contributed by atoms with Crippen LogP contribution in [0.5, 0.6) is 0 Å². The van der Waals surface area contributed by atoms with Crippen molar-refractivity contribution < 1.29 is 4.79 Å². The lowest BCUT2D eigenvalue weighted by Gasteiger charge is -2.30. The number of nitrogens with one attached hydrogen (secondary N) is 1. The van der Waals surface area contributed by atoms with Crippen molar-refractivity contribution in [1.82, 2.24) is 15.2 Å². The predicted molar refractivity (Wildman–Crippen MR) is 64.3 cm³/mol. The van der Waals surface area contributed by atoms with Crippen LogP contribution >= 0.6 is 0 Å². The topological polar surface area (TPSA) is 45.2 Å². The van der Waals surface area contributed by atoms with Crippen LogP contribution in [0.4, 0.5) is 0 Å². The second-order valence-electron chi connectivity index (χ2n) is 4.81. The van der Waals surface area contributed by atoms with Gasteiger partial charge in [-0.25, -0.2) is 0 Å². The summed E-state index contributed by atoms with van der Waals surface area (Å²) in [7, 11) is 0. The van der Waals surface area contributed by atoms with E-state index in [0.717, 1.165) is 44.7 Å². The van der Waals surface area contributed by atoms with Gasteiger partial charge >= 0.3 is 0 Å². The van der Waals surface area contributed by atoms with Gasteiger partial charge in [-0.2, -0.15) is 0 Å². The molecule has 1 atom stereocenters. The number of carbonyl (C=O) groups is 1. The van der Waals surface area contributed by atoms with Gasteiger partial charge in [-0.15, -0.1) is 0 Å². The number of carbonyl (C=O) groups excluding carboxylic acids is 1. The molecule has 0 bridgehead atoms. The molecule has 1 N–H and O–H groups in total. The largest absolute Gasteiger partial charge is 0.338 e. The van der Waals surface area contributed by atoms with Crippen LogP contribution in [0.2, 0.25) is 0 Å². The molecule has 2 aliphatic heterocycles. The smallest absolute Gasteiger partial charge is 0.227 e. The average Bonchev–Trinajstić information content (AvgIpc) is 2.91. The molecule has 1 aromatic heterocycles. The van der Waals surface area contributed by atoms with Crippen LogP contribution in [0.25, 0.3) is 0 Å². The number of pyridine rings is 1. The number of hydrogen-bond donors (Lipinski definition) is 1. The van der Waals surface area contributed by atoms with E-state index in [-0.39, 0.29) is 5.92 Å². The van der Waals surface area contributed by atoms with Gasteiger partial charge in [0.25, 0.3) is 0 Å². The van der Waals surface area contributed by atoms with E-state index in [9.17, 15) is 4.79 Å². The Bertz CT molecular complexity index is 426. The monoisotopic (exact) mass is 231 g/mol. The van der Waals surface area contributed by atoms with Gasteiger partial charge in [0.2, 0.25) is 5.91 Å². The Morgan fingerprint density at radius 2 is 2.47 bits per heavy atom. The molecule has 1 fully saturated rings. The molecule has 1 unspecified atom stereocenters. The minimum Gasteiger partial charge on any atom is -0.338 e. The van der Waals surface area contributed by atoms with Crippen molar-refractivity contribution in [2.24, 2.45) is 5.92 Å². The zero-order valence-electron chi connectivity index (χ0n) is 9.85. The van der Waals surface area contributed by atoms with Gasteiger partial charge in [0.05, 0.1) is 5.92 Å². The lowest BCUT2D eigenvalue weighted by atomic mass is 10.0. The van der Waals surface area contributed by atoms with E-state index in [1.807, 2.05) is 17.2 Å². The lowest BCUT2D eigenvalue weighted by molar-refractivity contribution is -0.135. The van der Waals surface area contributed by atoms with Crippen molar-refractivity contribution in [1.29, 1.82) is 0 Å². The minimum absolute atomic E-state index is 0.188. The van der Waals surface area contributed by atoms with Crippen LogP contribution in [0.3, 0.4) is 0 Å². The van der Waals surface area contributed by atoms with Crippen molar-refractivity contribution in [3.63, 3.8) is 0 Å². The van der Waals surface area contributed by atoms with E-state index >= 15 is 0 Å². The van der Waals surface area contributed by atoms with Crippen molar-refractivity contribution >= 4 is 5.91 Å². The molecule has 0 aromatic carbocycles. The van der Waals surface area contributed by atoms with Crippen molar-refractivity contribution in [3.8, 4) is 0 Å². The maximum Gasteiger partial charge on any atom is 0.227 e. The van der Waals surface area contributed by atoms with Crippen molar-refractivity contribution in [3.05, 3.63) is 29.6 Å². The molecule has 1 saturated heterocycles.